The van der Waals surface area contributed by atoms with E-state index in [-0.39, 0.29) is 5.91 Å². The van der Waals surface area contributed by atoms with Crippen LogP contribution in [0.4, 0.5) is 5.82 Å². The molecule has 1 aromatic heterocycles. The summed E-state index contributed by atoms with van der Waals surface area (Å²) in [6.45, 7) is 1.46. The number of carbonyl (C=O) groups is 1. The number of anilines is 1. The molecule has 0 aliphatic heterocycles. The predicted molar refractivity (Wildman–Crippen MR) is 87.3 cm³/mol. The van der Waals surface area contributed by atoms with Crippen molar-refractivity contribution in [2.75, 3.05) is 18.9 Å². The molecular weight excluding hydrogens is 332 g/mol. The molecule has 1 heterocycles. The molecule has 2 N–H and O–H groups in total. The van der Waals surface area contributed by atoms with Crippen LogP contribution in [0.3, 0.4) is 0 Å². The second-order valence-electron chi connectivity index (χ2n) is 4.76. The van der Waals surface area contributed by atoms with Crippen molar-refractivity contribution in [3.05, 3.63) is 46.6 Å². The van der Waals surface area contributed by atoms with Crippen molar-refractivity contribution in [1.29, 1.82) is 0 Å². The highest BCUT2D eigenvalue weighted by atomic mass is 79.9. The van der Waals surface area contributed by atoms with Gasteiger partial charge in [0, 0.05) is 17.0 Å². The summed E-state index contributed by atoms with van der Waals surface area (Å²) < 4.78 is 2.82. The lowest BCUT2D eigenvalue weighted by Gasteiger charge is -2.09. The van der Waals surface area contributed by atoms with Gasteiger partial charge in [-0.05, 0) is 37.7 Å². The zero-order chi connectivity index (χ0) is 15.1. The number of hydrogen-bond acceptors (Lipinski definition) is 3. The molecule has 112 valence electrons. The number of halogens is 1. The third kappa shape index (κ3) is 4.99. The predicted octanol–water partition coefficient (Wildman–Crippen LogP) is 2.63. The first-order valence-electron chi connectivity index (χ1n) is 6.90. The summed E-state index contributed by atoms with van der Waals surface area (Å²) >= 11 is 3.45. The van der Waals surface area contributed by atoms with Crippen LogP contribution in [0.2, 0.25) is 0 Å². The van der Waals surface area contributed by atoms with Crippen LogP contribution >= 0.6 is 15.9 Å². The van der Waals surface area contributed by atoms with Crippen molar-refractivity contribution in [1.82, 2.24) is 15.1 Å². The van der Waals surface area contributed by atoms with Crippen molar-refractivity contribution in [2.45, 2.75) is 19.4 Å². The molecular formula is C15H19BrN4O. The van der Waals surface area contributed by atoms with E-state index in [9.17, 15) is 4.79 Å². The highest BCUT2D eigenvalue weighted by Crippen LogP contribution is 2.15. The Balaban J connectivity index is 1.97. The maximum Gasteiger partial charge on any atom is 0.225 e. The molecule has 0 spiro atoms. The van der Waals surface area contributed by atoms with Gasteiger partial charge < -0.3 is 10.6 Å². The highest BCUT2D eigenvalue weighted by Gasteiger charge is 2.07. The quantitative estimate of drug-likeness (QED) is 0.754. The molecule has 0 aliphatic rings. The van der Waals surface area contributed by atoms with Crippen molar-refractivity contribution in [2.24, 2.45) is 0 Å². The fourth-order valence-electron chi connectivity index (χ4n) is 2.00. The second kappa shape index (κ2) is 7.95. The fourth-order valence-corrected chi connectivity index (χ4v) is 2.45. The van der Waals surface area contributed by atoms with E-state index in [0.29, 0.717) is 13.0 Å². The van der Waals surface area contributed by atoms with Crippen LogP contribution in [-0.2, 0) is 11.3 Å². The molecule has 5 nitrogen and oxygen atoms in total. The van der Waals surface area contributed by atoms with Crippen molar-refractivity contribution in [3.8, 4) is 0 Å². The fraction of sp³-hybridized carbons (Fsp3) is 0.333. The van der Waals surface area contributed by atoms with Crippen LogP contribution in [0.15, 0.2) is 41.0 Å². The largest absolute Gasteiger partial charge is 0.320 e. The standard InChI is InChI=1S/C15H19BrN4O/c1-17-8-3-6-15(21)19-14-7-9-18-20(14)11-12-4-2-5-13(16)10-12/h2,4-5,7,9-10,17H,3,6,8,11H2,1H3,(H,19,21). The van der Waals surface area contributed by atoms with Crippen molar-refractivity contribution < 1.29 is 4.79 Å². The molecule has 0 saturated carbocycles. The van der Waals surface area contributed by atoms with Crippen molar-refractivity contribution >= 4 is 27.7 Å². The molecule has 1 amide bonds. The van der Waals surface area contributed by atoms with Gasteiger partial charge in [0.1, 0.15) is 5.82 Å². The average Bonchev–Trinajstić information content (AvgIpc) is 2.86. The Morgan fingerprint density at radius 1 is 1.38 bits per heavy atom. The van der Waals surface area contributed by atoms with E-state index in [0.717, 1.165) is 28.8 Å². The van der Waals surface area contributed by atoms with Crippen molar-refractivity contribution in [3.63, 3.8) is 0 Å². The number of carbonyl (C=O) groups excluding carboxylic acids is 1. The number of amides is 1. The lowest BCUT2D eigenvalue weighted by Crippen LogP contribution is -2.17. The van der Waals surface area contributed by atoms with Crippen LogP contribution in [0.1, 0.15) is 18.4 Å². The van der Waals surface area contributed by atoms with E-state index in [1.165, 1.54) is 0 Å². The Labute approximate surface area is 132 Å². The van der Waals surface area contributed by atoms with E-state index >= 15 is 0 Å². The smallest absolute Gasteiger partial charge is 0.225 e. The maximum atomic E-state index is 11.9. The second-order valence-corrected chi connectivity index (χ2v) is 5.67. The zero-order valence-electron chi connectivity index (χ0n) is 12.0. The highest BCUT2D eigenvalue weighted by molar-refractivity contribution is 9.10. The van der Waals surface area contributed by atoms with Gasteiger partial charge in [0.15, 0.2) is 0 Å². The summed E-state index contributed by atoms with van der Waals surface area (Å²) in [6, 6.07) is 9.86. The van der Waals surface area contributed by atoms with Crippen LogP contribution in [0.5, 0.6) is 0 Å². The molecule has 6 heteroatoms. The topological polar surface area (TPSA) is 59.0 Å². The van der Waals surface area contributed by atoms with Gasteiger partial charge in [0.05, 0.1) is 12.7 Å². The van der Waals surface area contributed by atoms with Crippen LogP contribution < -0.4 is 10.6 Å². The van der Waals surface area contributed by atoms with Gasteiger partial charge in [0.2, 0.25) is 5.91 Å². The van der Waals surface area contributed by atoms with Gasteiger partial charge >= 0.3 is 0 Å². The summed E-state index contributed by atoms with van der Waals surface area (Å²) in [7, 11) is 1.88. The van der Waals surface area contributed by atoms with Crippen LogP contribution in [0.25, 0.3) is 0 Å². The third-order valence-electron chi connectivity index (χ3n) is 3.04. The summed E-state index contributed by atoms with van der Waals surface area (Å²) in [5.74, 6) is 0.741. The first-order chi connectivity index (χ1) is 10.2. The summed E-state index contributed by atoms with van der Waals surface area (Å²) in [5.41, 5.74) is 1.12. The molecule has 2 rings (SSSR count). The molecule has 0 radical (unpaired) electrons. The summed E-state index contributed by atoms with van der Waals surface area (Å²) in [6.07, 6.45) is 3.02. The molecule has 0 bridgehead atoms. The van der Waals surface area contributed by atoms with Gasteiger partial charge in [0.25, 0.3) is 0 Å². The molecule has 2 aromatic rings. The number of nitrogens with zero attached hydrogens (tertiary/aromatic N) is 2. The normalized spacial score (nSPS) is 10.6. The third-order valence-corrected chi connectivity index (χ3v) is 3.53. The van der Waals surface area contributed by atoms with Crippen LogP contribution in [0, 0.1) is 0 Å². The van der Waals surface area contributed by atoms with Gasteiger partial charge in [-0.25, -0.2) is 4.68 Å². The Bertz CT molecular complexity index is 597. The van der Waals surface area contributed by atoms with Crippen LogP contribution in [-0.4, -0.2) is 29.3 Å². The SMILES string of the molecule is CNCCCC(=O)Nc1ccnn1Cc1cccc(Br)c1. The lowest BCUT2D eigenvalue weighted by atomic mass is 10.2. The molecule has 1 aromatic carbocycles. The minimum atomic E-state index is 0.0150. The molecule has 0 unspecified atom stereocenters. The van der Waals surface area contributed by atoms with E-state index in [2.05, 4.69) is 31.7 Å². The molecule has 0 fully saturated rings. The average molecular weight is 351 g/mol. The Morgan fingerprint density at radius 2 is 2.24 bits per heavy atom. The van der Waals surface area contributed by atoms with Gasteiger partial charge in [-0.3, -0.25) is 4.79 Å². The van der Waals surface area contributed by atoms with Gasteiger partial charge in [-0.15, -0.1) is 0 Å². The number of benzene rings is 1. The first kappa shape index (κ1) is 15.7. The zero-order valence-corrected chi connectivity index (χ0v) is 13.6. The first-order valence-corrected chi connectivity index (χ1v) is 7.69. The Morgan fingerprint density at radius 3 is 3.00 bits per heavy atom. The minimum Gasteiger partial charge on any atom is -0.320 e. The van der Waals surface area contributed by atoms with E-state index in [1.807, 2.05) is 37.4 Å². The van der Waals surface area contributed by atoms with E-state index in [4.69, 9.17) is 0 Å². The Hall–Kier alpha value is -1.66. The number of rotatable bonds is 7. The number of nitrogens with one attached hydrogen (secondary N) is 2. The van der Waals surface area contributed by atoms with E-state index < -0.39 is 0 Å². The number of hydrogen-bond donors (Lipinski definition) is 2. The maximum absolute atomic E-state index is 11.9. The molecule has 0 aliphatic carbocycles. The monoisotopic (exact) mass is 350 g/mol. The lowest BCUT2D eigenvalue weighted by molar-refractivity contribution is -0.116. The summed E-state index contributed by atoms with van der Waals surface area (Å²) in [5, 5.41) is 10.2. The molecule has 0 atom stereocenters. The Kier molecular flexibility index (Phi) is 5.95. The molecule has 21 heavy (non-hydrogen) atoms. The van der Waals surface area contributed by atoms with E-state index in [1.54, 1.807) is 10.9 Å². The minimum absolute atomic E-state index is 0.0150. The van der Waals surface area contributed by atoms with Gasteiger partial charge in [-0.2, -0.15) is 5.10 Å². The summed E-state index contributed by atoms with van der Waals surface area (Å²) in [4.78, 5) is 11.9. The molecule has 0 saturated heterocycles. The number of aromatic nitrogens is 2. The van der Waals surface area contributed by atoms with Gasteiger partial charge in [-0.1, -0.05) is 28.1 Å².